The van der Waals surface area contributed by atoms with E-state index in [0.29, 0.717) is 11.6 Å². The van der Waals surface area contributed by atoms with Gasteiger partial charge >= 0.3 is 0 Å². The summed E-state index contributed by atoms with van der Waals surface area (Å²) >= 11 is 7.53. The molecule has 6 heteroatoms. The van der Waals surface area contributed by atoms with Crippen LogP contribution in [-0.4, -0.2) is 23.6 Å². The predicted octanol–water partition coefficient (Wildman–Crippen LogP) is 5.25. The van der Waals surface area contributed by atoms with Crippen LogP contribution in [0.3, 0.4) is 0 Å². The van der Waals surface area contributed by atoms with Gasteiger partial charge < -0.3 is 10.1 Å². The summed E-state index contributed by atoms with van der Waals surface area (Å²) in [5.74, 6) is -0.0751. The molecular weight excluding hydrogens is 368 g/mol. The number of halogens is 1. The van der Waals surface area contributed by atoms with Gasteiger partial charge in [0.2, 0.25) is 0 Å². The van der Waals surface area contributed by atoms with Gasteiger partial charge in [-0.25, -0.2) is 4.98 Å². The summed E-state index contributed by atoms with van der Waals surface area (Å²) in [7, 11) is 0. The number of carbonyl (C=O) groups is 1. The average Bonchev–Trinajstić information content (AvgIpc) is 3.35. The molecule has 3 aromatic rings. The van der Waals surface area contributed by atoms with Crippen molar-refractivity contribution < 1.29 is 9.53 Å². The summed E-state index contributed by atoms with van der Waals surface area (Å²) in [6.07, 6.45) is 1.41. The molecule has 0 radical (unpaired) electrons. The Bertz CT molecular complexity index is 900. The normalized spacial score (nSPS) is 16.6. The maximum Gasteiger partial charge on any atom is 0.253 e. The quantitative estimate of drug-likeness (QED) is 0.668. The molecule has 0 saturated carbocycles. The minimum absolute atomic E-state index is 0.0751. The summed E-state index contributed by atoms with van der Waals surface area (Å²) in [5.41, 5.74) is 3.74. The molecule has 1 unspecified atom stereocenters. The Balaban J connectivity index is 1.47. The van der Waals surface area contributed by atoms with Crippen LogP contribution in [0.25, 0.3) is 21.8 Å². The molecule has 132 valence electrons. The van der Waals surface area contributed by atoms with Crippen molar-refractivity contribution >= 4 is 34.5 Å². The molecule has 4 nitrogen and oxygen atoms in total. The van der Waals surface area contributed by atoms with Gasteiger partial charge in [0, 0.05) is 33.8 Å². The van der Waals surface area contributed by atoms with Gasteiger partial charge in [-0.3, -0.25) is 4.79 Å². The molecule has 26 heavy (non-hydrogen) atoms. The Morgan fingerprint density at radius 3 is 2.54 bits per heavy atom. The van der Waals surface area contributed by atoms with E-state index >= 15 is 0 Å². The first-order valence-corrected chi connectivity index (χ1v) is 9.69. The summed E-state index contributed by atoms with van der Waals surface area (Å²) in [4.78, 5) is 16.8. The predicted molar refractivity (Wildman–Crippen MR) is 106 cm³/mol. The van der Waals surface area contributed by atoms with Crippen LogP contribution in [0, 0.1) is 0 Å². The number of amides is 1. The second-order valence-electron chi connectivity index (χ2n) is 6.11. The fraction of sp³-hybridized carbons (Fsp3) is 0.200. The van der Waals surface area contributed by atoms with Crippen LogP contribution in [0.1, 0.15) is 12.8 Å². The van der Waals surface area contributed by atoms with E-state index < -0.39 is 0 Å². The molecule has 1 fully saturated rings. The molecular formula is C20H17ClN2O2S. The Morgan fingerprint density at radius 1 is 1.12 bits per heavy atom. The van der Waals surface area contributed by atoms with E-state index in [4.69, 9.17) is 21.3 Å². The minimum Gasteiger partial charge on any atom is -0.368 e. The third-order valence-electron chi connectivity index (χ3n) is 4.27. The number of rotatable bonds is 4. The van der Waals surface area contributed by atoms with E-state index in [1.165, 1.54) is 0 Å². The van der Waals surface area contributed by atoms with Crippen LogP contribution in [0.2, 0.25) is 5.02 Å². The fourth-order valence-corrected chi connectivity index (χ4v) is 3.82. The number of hydrogen-bond donors (Lipinski definition) is 1. The zero-order valence-corrected chi connectivity index (χ0v) is 15.5. The van der Waals surface area contributed by atoms with E-state index in [-0.39, 0.29) is 12.0 Å². The summed E-state index contributed by atoms with van der Waals surface area (Å²) in [6.45, 7) is 0.663. The van der Waals surface area contributed by atoms with E-state index in [2.05, 4.69) is 5.32 Å². The van der Waals surface area contributed by atoms with Crippen LogP contribution in [0.4, 0.5) is 5.69 Å². The molecule has 0 aliphatic carbocycles. The topological polar surface area (TPSA) is 51.2 Å². The number of ether oxygens (including phenoxy) is 1. The van der Waals surface area contributed by atoms with E-state index in [1.54, 1.807) is 11.3 Å². The third-order valence-corrected chi connectivity index (χ3v) is 5.41. The van der Waals surface area contributed by atoms with Crippen molar-refractivity contribution in [2.75, 3.05) is 11.9 Å². The van der Waals surface area contributed by atoms with Crippen LogP contribution >= 0.6 is 22.9 Å². The number of benzene rings is 2. The smallest absolute Gasteiger partial charge is 0.253 e. The molecule has 0 spiro atoms. The Morgan fingerprint density at radius 2 is 1.85 bits per heavy atom. The molecule has 1 saturated heterocycles. The van der Waals surface area contributed by atoms with Gasteiger partial charge in [-0.2, -0.15) is 0 Å². The second kappa shape index (κ2) is 7.58. The number of nitrogens with zero attached hydrogens (tertiary/aromatic N) is 1. The van der Waals surface area contributed by atoms with Gasteiger partial charge in [0.1, 0.15) is 11.1 Å². The molecule has 4 rings (SSSR count). The SMILES string of the molecule is O=C(Nc1ccc(-c2csc(-c3ccc(Cl)cc3)n2)cc1)C1CCCO1. The highest BCUT2D eigenvalue weighted by atomic mass is 35.5. The largest absolute Gasteiger partial charge is 0.368 e. The van der Waals surface area contributed by atoms with Crippen LogP contribution in [-0.2, 0) is 9.53 Å². The second-order valence-corrected chi connectivity index (χ2v) is 7.41. The molecule has 2 heterocycles. The monoisotopic (exact) mass is 384 g/mol. The number of thiazole rings is 1. The zero-order chi connectivity index (χ0) is 17.9. The van der Waals surface area contributed by atoms with Crippen molar-refractivity contribution in [3.8, 4) is 21.8 Å². The van der Waals surface area contributed by atoms with E-state index in [1.807, 2.05) is 53.9 Å². The lowest BCUT2D eigenvalue weighted by Gasteiger charge is -2.10. The molecule has 1 aromatic heterocycles. The van der Waals surface area contributed by atoms with Crippen molar-refractivity contribution in [3.05, 3.63) is 58.9 Å². The number of aromatic nitrogens is 1. The number of carbonyl (C=O) groups excluding carboxylic acids is 1. The first kappa shape index (κ1) is 17.2. The summed E-state index contributed by atoms with van der Waals surface area (Å²) < 4.78 is 5.40. The lowest BCUT2D eigenvalue weighted by Crippen LogP contribution is -2.26. The van der Waals surface area contributed by atoms with Gasteiger partial charge in [0.15, 0.2) is 0 Å². The first-order chi connectivity index (χ1) is 12.7. The lowest BCUT2D eigenvalue weighted by molar-refractivity contribution is -0.124. The maximum atomic E-state index is 12.1. The Labute approximate surface area is 160 Å². The van der Waals surface area contributed by atoms with Crippen LogP contribution < -0.4 is 5.32 Å². The van der Waals surface area contributed by atoms with Gasteiger partial charge in [0.25, 0.3) is 5.91 Å². The highest BCUT2D eigenvalue weighted by molar-refractivity contribution is 7.13. The Hall–Kier alpha value is -2.21. The maximum absolute atomic E-state index is 12.1. The van der Waals surface area contributed by atoms with Crippen molar-refractivity contribution in [2.45, 2.75) is 18.9 Å². The molecule has 2 aromatic carbocycles. The number of anilines is 1. The molecule has 1 atom stereocenters. The summed E-state index contributed by atoms with van der Waals surface area (Å²) in [5, 5.41) is 6.60. The molecule has 1 aliphatic heterocycles. The molecule has 1 amide bonds. The average molecular weight is 385 g/mol. The first-order valence-electron chi connectivity index (χ1n) is 8.43. The van der Waals surface area contributed by atoms with Crippen LogP contribution in [0.5, 0.6) is 0 Å². The highest BCUT2D eigenvalue weighted by Gasteiger charge is 2.23. The van der Waals surface area contributed by atoms with E-state index in [9.17, 15) is 4.79 Å². The molecule has 0 bridgehead atoms. The highest BCUT2D eigenvalue weighted by Crippen LogP contribution is 2.30. The minimum atomic E-state index is -0.324. The standard InChI is InChI=1S/C20H17ClN2O2S/c21-15-7-3-14(4-8-15)20-23-17(12-26-20)13-5-9-16(10-6-13)22-19(24)18-2-1-11-25-18/h3-10,12,18H,1-2,11H2,(H,22,24). The van der Waals surface area contributed by atoms with Crippen molar-refractivity contribution in [1.29, 1.82) is 0 Å². The van der Waals surface area contributed by atoms with Gasteiger partial charge in [-0.05, 0) is 37.1 Å². The van der Waals surface area contributed by atoms with Crippen molar-refractivity contribution in [2.24, 2.45) is 0 Å². The van der Waals surface area contributed by atoms with Crippen molar-refractivity contribution in [3.63, 3.8) is 0 Å². The Kier molecular flexibility index (Phi) is 5.02. The molecule has 1 aliphatic rings. The lowest BCUT2D eigenvalue weighted by atomic mass is 10.1. The fourth-order valence-electron chi connectivity index (χ4n) is 2.86. The van der Waals surface area contributed by atoms with Gasteiger partial charge in [-0.15, -0.1) is 11.3 Å². The van der Waals surface area contributed by atoms with Crippen LogP contribution in [0.15, 0.2) is 53.9 Å². The third kappa shape index (κ3) is 3.80. The zero-order valence-electron chi connectivity index (χ0n) is 13.9. The molecule has 1 N–H and O–H groups in total. The summed E-state index contributed by atoms with van der Waals surface area (Å²) in [6, 6.07) is 15.4. The van der Waals surface area contributed by atoms with Crippen molar-refractivity contribution in [1.82, 2.24) is 4.98 Å². The van der Waals surface area contributed by atoms with Gasteiger partial charge in [-0.1, -0.05) is 35.9 Å². The number of nitrogens with one attached hydrogen (secondary N) is 1. The number of hydrogen-bond acceptors (Lipinski definition) is 4. The van der Waals surface area contributed by atoms with E-state index in [0.717, 1.165) is 40.4 Å². The van der Waals surface area contributed by atoms with Gasteiger partial charge in [0.05, 0.1) is 5.69 Å².